The van der Waals surface area contributed by atoms with Gasteiger partial charge in [0.05, 0.1) is 6.61 Å². The topological polar surface area (TPSA) is 60.6 Å². The Hall–Kier alpha value is -2.05. The number of rotatable bonds is 7. The molecule has 2 N–H and O–H groups in total. The summed E-state index contributed by atoms with van der Waals surface area (Å²) < 4.78 is 5.18. The number of ether oxygens (including phenoxy) is 1. The molecule has 148 valence electrons. The molecule has 1 aromatic heterocycles. The van der Waals surface area contributed by atoms with E-state index in [1.807, 2.05) is 11.9 Å². The van der Waals surface area contributed by atoms with Crippen molar-refractivity contribution < 1.29 is 9.53 Å². The number of fused-ring (bicyclic) bond motifs is 1. The lowest BCUT2D eigenvalue weighted by Gasteiger charge is -2.34. The average molecular weight is 373 g/mol. The molecular weight excluding hydrogens is 340 g/mol. The molecule has 1 saturated heterocycles. The minimum absolute atomic E-state index is 0.00522. The molecule has 6 nitrogen and oxygen atoms in total. The van der Waals surface area contributed by atoms with Gasteiger partial charge < -0.3 is 24.8 Å². The molecule has 2 amide bonds. The van der Waals surface area contributed by atoms with Gasteiger partial charge in [-0.15, -0.1) is 0 Å². The maximum atomic E-state index is 12.5. The highest BCUT2D eigenvalue weighted by atomic mass is 16.5. The van der Waals surface area contributed by atoms with E-state index in [1.165, 1.54) is 18.2 Å². The van der Waals surface area contributed by atoms with Crippen molar-refractivity contribution >= 4 is 16.9 Å². The minimum Gasteiger partial charge on any atom is -0.383 e. The van der Waals surface area contributed by atoms with E-state index in [0.29, 0.717) is 12.5 Å². The van der Waals surface area contributed by atoms with Gasteiger partial charge in [0, 0.05) is 51.5 Å². The van der Waals surface area contributed by atoms with E-state index in [-0.39, 0.29) is 6.03 Å². The van der Waals surface area contributed by atoms with Crippen LogP contribution in [0.4, 0.5) is 4.79 Å². The van der Waals surface area contributed by atoms with Crippen LogP contribution in [0.1, 0.15) is 24.1 Å². The van der Waals surface area contributed by atoms with E-state index in [9.17, 15) is 4.79 Å². The Bertz CT molecular complexity index is 758. The summed E-state index contributed by atoms with van der Waals surface area (Å²) in [4.78, 5) is 20.1. The summed E-state index contributed by atoms with van der Waals surface area (Å²) in [6.07, 6.45) is 2.38. The second kappa shape index (κ2) is 9.24. The lowest BCUT2D eigenvalue weighted by atomic mass is 9.97. The number of nitrogens with zero attached hydrogens (tertiary/aromatic N) is 2. The first kappa shape index (κ1) is 19.7. The van der Waals surface area contributed by atoms with Crippen LogP contribution in [0, 0.1) is 12.8 Å². The Kier molecular flexibility index (Phi) is 6.74. The van der Waals surface area contributed by atoms with Crippen LogP contribution in [0.2, 0.25) is 0 Å². The largest absolute Gasteiger partial charge is 0.383 e. The quantitative estimate of drug-likeness (QED) is 0.785. The lowest BCUT2D eigenvalue weighted by Crippen LogP contribution is -2.45. The first-order valence-electron chi connectivity index (χ1n) is 9.83. The number of urea groups is 1. The van der Waals surface area contributed by atoms with Crippen LogP contribution in [0.25, 0.3) is 10.9 Å². The number of hydrogen-bond acceptors (Lipinski definition) is 3. The Morgan fingerprint density at radius 1 is 1.41 bits per heavy atom. The van der Waals surface area contributed by atoms with Crippen LogP contribution < -0.4 is 5.32 Å². The van der Waals surface area contributed by atoms with Gasteiger partial charge >= 0.3 is 6.03 Å². The molecular formula is C21H32N4O2. The van der Waals surface area contributed by atoms with Crippen LogP contribution in [-0.4, -0.2) is 67.8 Å². The summed E-state index contributed by atoms with van der Waals surface area (Å²) in [7, 11) is 3.64. The molecule has 0 radical (unpaired) electrons. The number of nitrogens with one attached hydrogen (secondary N) is 2. The highest BCUT2D eigenvalue weighted by Crippen LogP contribution is 2.18. The fraction of sp³-hybridized carbons (Fsp3) is 0.571. The molecule has 1 aliphatic heterocycles. The third-order valence-corrected chi connectivity index (χ3v) is 5.36. The Labute approximate surface area is 161 Å². The van der Waals surface area contributed by atoms with Crippen LogP contribution in [0.15, 0.2) is 24.3 Å². The molecule has 0 saturated carbocycles. The van der Waals surface area contributed by atoms with Crippen LogP contribution in [0.5, 0.6) is 0 Å². The zero-order valence-corrected chi connectivity index (χ0v) is 16.8. The molecule has 3 rings (SSSR count). The monoisotopic (exact) mass is 372 g/mol. The van der Waals surface area contributed by atoms with Gasteiger partial charge in [0.1, 0.15) is 0 Å². The standard InChI is InChI=1S/C21H32N4O2/c1-16-11-19-12-17(6-7-20(19)23-16)13-22-21(26)24(2)14-18-5-4-8-25(15-18)9-10-27-3/h6-7,11-12,18,23H,4-5,8-10,13-15H2,1-3H3,(H,22,26)/t18-/m0/s1. The summed E-state index contributed by atoms with van der Waals surface area (Å²) in [5.41, 5.74) is 3.40. The van der Waals surface area contributed by atoms with Crippen molar-refractivity contribution in [2.24, 2.45) is 5.92 Å². The van der Waals surface area contributed by atoms with Crippen molar-refractivity contribution in [3.63, 3.8) is 0 Å². The highest BCUT2D eigenvalue weighted by Gasteiger charge is 2.22. The predicted octanol–water partition coefficient (Wildman–Crippen LogP) is 2.98. The van der Waals surface area contributed by atoms with Crippen molar-refractivity contribution in [3.05, 3.63) is 35.5 Å². The third kappa shape index (κ3) is 5.47. The minimum atomic E-state index is -0.00522. The number of aromatic nitrogens is 1. The molecule has 1 aliphatic rings. The molecule has 6 heteroatoms. The number of amides is 2. The number of carbonyl (C=O) groups excluding carboxylic acids is 1. The molecule has 1 atom stereocenters. The first-order chi connectivity index (χ1) is 13.0. The van der Waals surface area contributed by atoms with E-state index >= 15 is 0 Å². The van der Waals surface area contributed by atoms with E-state index in [1.54, 1.807) is 7.11 Å². The predicted molar refractivity (Wildman–Crippen MR) is 109 cm³/mol. The summed E-state index contributed by atoms with van der Waals surface area (Å²) >= 11 is 0. The van der Waals surface area contributed by atoms with Crippen molar-refractivity contribution in [3.8, 4) is 0 Å². The van der Waals surface area contributed by atoms with Crippen molar-refractivity contribution in [2.45, 2.75) is 26.3 Å². The summed E-state index contributed by atoms with van der Waals surface area (Å²) in [6.45, 7) is 7.33. The van der Waals surface area contributed by atoms with Gasteiger partial charge in [-0.3, -0.25) is 0 Å². The van der Waals surface area contributed by atoms with Crippen molar-refractivity contribution in [2.75, 3.05) is 46.9 Å². The van der Waals surface area contributed by atoms with Crippen LogP contribution >= 0.6 is 0 Å². The maximum Gasteiger partial charge on any atom is 0.317 e. The number of aromatic amines is 1. The number of methoxy groups -OCH3 is 1. The zero-order chi connectivity index (χ0) is 19.2. The number of carbonyl (C=O) groups is 1. The van der Waals surface area contributed by atoms with Gasteiger partial charge in [-0.1, -0.05) is 6.07 Å². The van der Waals surface area contributed by atoms with E-state index in [4.69, 9.17) is 4.74 Å². The Balaban J connectivity index is 1.46. The normalized spacial score (nSPS) is 18.0. The summed E-state index contributed by atoms with van der Waals surface area (Å²) in [5.74, 6) is 0.533. The molecule has 0 spiro atoms. The fourth-order valence-corrected chi connectivity index (χ4v) is 3.94. The van der Waals surface area contributed by atoms with Gasteiger partial charge in [-0.05, 0) is 61.4 Å². The van der Waals surface area contributed by atoms with Gasteiger partial charge in [0.25, 0.3) is 0 Å². The van der Waals surface area contributed by atoms with Gasteiger partial charge in [-0.2, -0.15) is 0 Å². The average Bonchev–Trinajstić information content (AvgIpc) is 3.04. The smallest absolute Gasteiger partial charge is 0.317 e. The molecule has 0 bridgehead atoms. The molecule has 0 unspecified atom stereocenters. The number of benzene rings is 1. The third-order valence-electron chi connectivity index (χ3n) is 5.36. The second-order valence-corrected chi connectivity index (χ2v) is 7.71. The lowest BCUT2D eigenvalue weighted by molar-refractivity contribution is 0.105. The number of aryl methyl sites for hydroxylation is 1. The summed E-state index contributed by atoms with van der Waals surface area (Å²) in [6, 6.07) is 8.39. The van der Waals surface area contributed by atoms with Crippen LogP contribution in [-0.2, 0) is 11.3 Å². The molecule has 2 heterocycles. The van der Waals surface area contributed by atoms with Gasteiger partial charge in [-0.25, -0.2) is 4.79 Å². The fourth-order valence-electron chi connectivity index (χ4n) is 3.94. The van der Waals surface area contributed by atoms with E-state index in [2.05, 4.69) is 46.4 Å². The number of H-pyrrole nitrogens is 1. The molecule has 1 aromatic carbocycles. The highest BCUT2D eigenvalue weighted by molar-refractivity contribution is 5.81. The zero-order valence-electron chi connectivity index (χ0n) is 16.8. The Morgan fingerprint density at radius 2 is 2.26 bits per heavy atom. The second-order valence-electron chi connectivity index (χ2n) is 7.71. The Morgan fingerprint density at radius 3 is 3.07 bits per heavy atom. The van der Waals surface area contributed by atoms with Gasteiger partial charge in [0.2, 0.25) is 0 Å². The molecule has 27 heavy (non-hydrogen) atoms. The number of hydrogen-bond donors (Lipinski definition) is 2. The molecule has 1 fully saturated rings. The number of piperidine rings is 1. The maximum absolute atomic E-state index is 12.5. The van der Waals surface area contributed by atoms with Crippen LogP contribution in [0.3, 0.4) is 0 Å². The molecule has 0 aliphatic carbocycles. The van der Waals surface area contributed by atoms with Crippen molar-refractivity contribution in [1.82, 2.24) is 20.1 Å². The molecule has 2 aromatic rings. The van der Waals surface area contributed by atoms with E-state index < -0.39 is 0 Å². The van der Waals surface area contributed by atoms with Gasteiger partial charge in [0.15, 0.2) is 0 Å². The SMILES string of the molecule is COCCN1CCC[C@@H](CN(C)C(=O)NCc2ccc3[nH]c(C)cc3c2)C1. The van der Waals surface area contributed by atoms with Crippen molar-refractivity contribution in [1.29, 1.82) is 0 Å². The first-order valence-corrected chi connectivity index (χ1v) is 9.83. The number of likely N-dealkylation sites (tertiary alicyclic amines) is 1. The van der Waals surface area contributed by atoms with E-state index in [0.717, 1.165) is 49.6 Å². The summed E-state index contributed by atoms with van der Waals surface area (Å²) in [5, 5.41) is 4.23.